The van der Waals surface area contributed by atoms with Crippen LogP contribution in [0.2, 0.25) is 5.02 Å². The molecule has 4 aromatic carbocycles. The predicted molar refractivity (Wildman–Crippen MR) is 171 cm³/mol. The highest BCUT2D eigenvalue weighted by Crippen LogP contribution is 2.27. The van der Waals surface area contributed by atoms with Crippen molar-refractivity contribution in [2.45, 2.75) is 43.7 Å². The first-order chi connectivity index (χ1) is 21.2. The van der Waals surface area contributed by atoms with Crippen LogP contribution in [0.3, 0.4) is 0 Å². The Morgan fingerprint density at radius 3 is 2.09 bits per heavy atom. The molecule has 44 heavy (non-hydrogen) atoms. The van der Waals surface area contributed by atoms with E-state index in [1.165, 1.54) is 35.2 Å². The van der Waals surface area contributed by atoms with Crippen molar-refractivity contribution in [3.05, 3.63) is 131 Å². The molecule has 0 heterocycles. The van der Waals surface area contributed by atoms with E-state index in [0.29, 0.717) is 17.1 Å². The highest BCUT2D eigenvalue weighted by molar-refractivity contribution is 7.92. The third-order valence-corrected chi connectivity index (χ3v) is 9.12. The zero-order valence-electron chi connectivity index (χ0n) is 24.4. The van der Waals surface area contributed by atoms with Crippen LogP contribution in [0, 0.1) is 5.82 Å². The van der Waals surface area contributed by atoms with Gasteiger partial charge in [0.05, 0.1) is 10.6 Å². The maximum absolute atomic E-state index is 15.2. The topological polar surface area (TPSA) is 86.8 Å². The highest BCUT2D eigenvalue weighted by atomic mass is 35.5. The Bertz CT molecular complexity index is 1640. The van der Waals surface area contributed by atoms with Crippen molar-refractivity contribution in [3.63, 3.8) is 0 Å². The minimum Gasteiger partial charge on any atom is -0.354 e. The van der Waals surface area contributed by atoms with Gasteiger partial charge in [-0.3, -0.25) is 13.9 Å². The van der Waals surface area contributed by atoms with E-state index in [2.05, 4.69) is 5.32 Å². The summed E-state index contributed by atoms with van der Waals surface area (Å²) in [5.74, 6) is -1.84. The number of amides is 2. The molecule has 4 aromatic rings. The Morgan fingerprint density at radius 1 is 0.841 bits per heavy atom. The molecular formula is C34H35ClFN3O4S. The quantitative estimate of drug-likeness (QED) is 0.166. The fraction of sp³-hybridized carbons (Fsp3) is 0.235. The molecule has 0 bridgehead atoms. The summed E-state index contributed by atoms with van der Waals surface area (Å²) in [7, 11) is -4.38. The van der Waals surface area contributed by atoms with Gasteiger partial charge in [-0.05, 0) is 53.9 Å². The molecule has 0 saturated heterocycles. The number of halogens is 2. The van der Waals surface area contributed by atoms with Crippen LogP contribution < -0.4 is 9.62 Å². The average molecular weight is 636 g/mol. The highest BCUT2D eigenvalue weighted by Gasteiger charge is 2.35. The van der Waals surface area contributed by atoms with E-state index >= 15 is 4.39 Å². The van der Waals surface area contributed by atoms with Crippen molar-refractivity contribution in [2.24, 2.45) is 0 Å². The van der Waals surface area contributed by atoms with Gasteiger partial charge in [0, 0.05) is 24.5 Å². The lowest BCUT2D eigenvalue weighted by Crippen LogP contribution is -2.53. The summed E-state index contributed by atoms with van der Waals surface area (Å²) in [6.07, 6.45) is 1.81. The lowest BCUT2D eigenvalue weighted by atomic mass is 10.0. The van der Waals surface area contributed by atoms with Gasteiger partial charge in [-0.2, -0.15) is 0 Å². The minimum atomic E-state index is -4.38. The first-order valence-corrected chi connectivity index (χ1v) is 16.2. The number of rotatable bonds is 14. The van der Waals surface area contributed by atoms with Gasteiger partial charge in [0.15, 0.2) is 0 Å². The Morgan fingerprint density at radius 2 is 1.45 bits per heavy atom. The van der Waals surface area contributed by atoms with Gasteiger partial charge in [0.25, 0.3) is 10.0 Å². The van der Waals surface area contributed by atoms with Crippen LogP contribution in [0.4, 0.5) is 10.1 Å². The molecule has 0 aliphatic heterocycles. The Labute approximate surface area is 263 Å². The van der Waals surface area contributed by atoms with E-state index in [1.54, 1.807) is 42.5 Å². The van der Waals surface area contributed by atoms with Crippen molar-refractivity contribution >= 4 is 39.1 Å². The second-order valence-electron chi connectivity index (χ2n) is 10.3. The summed E-state index contributed by atoms with van der Waals surface area (Å²) in [5, 5.41) is 3.44. The smallest absolute Gasteiger partial charge is 0.264 e. The number of anilines is 1. The Hall–Kier alpha value is -4.21. The lowest BCUT2D eigenvalue weighted by molar-refractivity contribution is -0.140. The molecule has 10 heteroatoms. The Kier molecular flexibility index (Phi) is 11.5. The lowest BCUT2D eigenvalue weighted by Gasteiger charge is -2.34. The van der Waals surface area contributed by atoms with E-state index in [4.69, 9.17) is 11.6 Å². The van der Waals surface area contributed by atoms with Crippen molar-refractivity contribution in [2.75, 3.05) is 17.4 Å². The zero-order chi connectivity index (χ0) is 31.5. The summed E-state index contributed by atoms with van der Waals surface area (Å²) >= 11 is 6.11. The van der Waals surface area contributed by atoms with Crippen LogP contribution in [0.25, 0.3) is 0 Å². The van der Waals surface area contributed by atoms with E-state index in [9.17, 15) is 18.0 Å². The maximum Gasteiger partial charge on any atom is 0.264 e. The number of benzene rings is 4. The minimum absolute atomic E-state index is 0.00873. The first-order valence-electron chi connectivity index (χ1n) is 14.4. The summed E-state index contributed by atoms with van der Waals surface area (Å²) in [6, 6.07) is 28.1. The molecule has 2 amide bonds. The molecule has 0 radical (unpaired) electrons. The number of nitrogens with zero attached hydrogens (tertiary/aromatic N) is 2. The number of sulfonamides is 1. The van der Waals surface area contributed by atoms with Crippen LogP contribution in [0.15, 0.2) is 114 Å². The third-order valence-electron chi connectivity index (χ3n) is 7.10. The monoisotopic (exact) mass is 635 g/mol. The molecule has 0 spiro atoms. The van der Waals surface area contributed by atoms with Crippen molar-refractivity contribution in [1.29, 1.82) is 0 Å². The second kappa shape index (κ2) is 15.5. The SMILES string of the molecule is CCCCNC(=O)C(Cc1ccccc1)N(Cc1ccc(Cl)cc1)C(=O)CN(c1ccccc1F)S(=O)(=O)c1ccccc1. The molecule has 7 nitrogen and oxygen atoms in total. The van der Waals surface area contributed by atoms with Crippen molar-refractivity contribution in [3.8, 4) is 0 Å². The van der Waals surface area contributed by atoms with Gasteiger partial charge in [0.1, 0.15) is 18.4 Å². The summed E-state index contributed by atoms with van der Waals surface area (Å²) in [5.41, 5.74) is 1.23. The summed E-state index contributed by atoms with van der Waals surface area (Å²) in [6.45, 7) is 1.69. The Balaban J connectivity index is 1.78. The number of unbranched alkanes of at least 4 members (excludes halogenated alkanes) is 1. The van der Waals surface area contributed by atoms with E-state index < -0.39 is 34.3 Å². The largest absolute Gasteiger partial charge is 0.354 e. The normalized spacial score (nSPS) is 11.9. The van der Waals surface area contributed by atoms with Crippen molar-refractivity contribution in [1.82, 2.24) is 10.2 Å². The summed E-state index contributed by atoms with van der Waals surface area (Å²) < 4.78 is 43.7. The maximum atomic E-state index is 15.2. The molecule has 230 valence electrons. The molecule has 1 N–H and O–H groups in total. The molecule has 0 aliphatic rings. The van der Waals surface area contributed by atoms with Crippen LogP contribution in [0.1, 0.15) is 30.9 Å². The fourth-order valence-corrected chi connectivity index (χ4v) is 6.30. The number of hydrogen-bond donors (Lipinski definition) is 1. The molecule has 0 fully saturated rings. The number of hydrogen-bond acceptors (Lipinski definition) is 4. The van der Waals surface area contributed by atoms with Crippen LogP contribution in [-0.2, 0) is 32.6 Å². The molecule has 0 aromatic heterocycles. The number of carbonyl (C=O) groups excluding carboxylic acids is 2. The van der Waals surface area contributed by atoms with Gasteiger partial charge in [0.2, 0.25) is 11.8 Å². The molecule has 1 unspecified atom stereocenters. The first kappa shape index (κ1) is 32.7. The van der Waals surface area contributed by atoms with Crippen LogP contribution in [-0.4, -0.2) is 44.3 Å². The summed E-state index contributed by atoms with van der Waals surface area (Å²) in [4.78, 5) is 29.3. The molecule has 4 rings (SSSR count). The molecular weight excluding hydrogens is 601 g/mol. The van der Waals surface area contributed by atoms with Gasteiger partial charge >= 0.3 is 0 Å². The second-order valence-corrected chi connectivity index (χ2v) is 12.6. The van der Waals surface area contributed by atoms with Gasteiger partial charge in [-0.25, -0.2) is 12.8 Å². The number of carbonyl (C=O) groups is 2. The van der Waals surface area contributed by atoms with Crippen LogP contribution in [0.5, 0.6) is 0 Å². The van der Waals surface area contributed by atoms with E-state index in [-0.39, 0.29) is 29.5 Å². The standard InChI is InChI=1S/C34H35ClFN3O4S/c1-2-3-22-37-34(41)32(23-26-12-6-4-7-13-26)38(24-27-18-20-28(35)21-19-27)33(40)25-39(31-17-11-10-16-30(31)36)44(42,43)29-14-8-5-9-15-29/h4-21,32H,2-3,22-25H2,1H3,(H,37,41). The van der Waals surface area contributed by atoms with Crippen LogP contribution >= 0.6 is 11.6 Å². The third kappa shape index (κ3) is 8.45. The van der Waals surface area contributed by atoms with Gasteiger partial charge < -0.3 is 10.2 Å². The molecule has 0 aliphatic carbocycles. The zero-order valence-corrected chi connectivity index (χ0v) is 26.0. The van der Waals surface area contributed by atoms with Gasteiger partial charge in [-0.15, -0.1) is 0 Å². The predicted octanol–water partition coefficient (Wildman–Crippen LogP) is 6.23. The van der Waals surface area contributed by atoms with Crippen molar-refractivity contribution < 1.29 is 22.4 Å². The fourth-order valence-electron chi connectivity index (χ4n) is 4.73. The number of para-hydroxylation sites is 1. The van der Waals surface area contributed by atoms with Gasteiger partial charge in [-0.1, -0.05) is 97.7 Å². The molecule has 0 saturated carbocycles. The molecule has 1 atom stereocenters. The van der Waals surface area contributed by atoms with E-state index in [0.717, 1.165) is 28.8 Å². The van der Waals surface area contributed by atoms with E-state index in [1.807, 2.05) is 37.3 Å². The average Bonchev–Trinajstić information content (AvgIpc) is 3.03. The number of nitrogens with one attached hydrogen (secondary N) is 1.